The van der Waals surface area contributed by atoms with E-state index in [4.69, 9.17) is 9.47 Å². The molecule has 0 aliphatic carbocycles. The maximum absolute atomic E-state index is 10.6. The maximum atomic E-state index is 10.6. The summed E-state index contributed by atoms with van der Waals surface area (Å²) in [5.74, 6) is 1.35. The summed E-state index contributed by atoms with van der Waals surface area (Å²) in [5, 5.41) is 10.6. The Morgan fingerprint density at radius 1 is 1.05 bits per heavy atom. The molecule has 1 aromatic carbocycles. The third kappa shape index (κ3) is 3.25. The Balaban J connectivity index is 2.13. The zero-order valence-corrected chi connectivity index (χ0v) is 12.6. The average Bonchev–Trinajstić information content (AvgIpc) is 2.53. The van der Waals surface area contributed by atoms with E-state index >= 15 is 0 Å². The molecule has 1 fully saturated rings. The monoisotopic (exact) mass is 279 g/mol. The highest BCUT2D eigenvalue weighted by molar-refractivity contribution is 5.43. The SMILES string of the molecule is COc1ccc([C@H](O)[C@H](C)N2CCCCC2)cc1OC. The predicted octanol–water partition coefficient (Wildman–Crippen LogP) is 2.61. The lowest BCUT2D eigenvalue weighted by Crippen LogP contribution is -2.40. The van der Waals surface area contributed by atoms with Gasteiger partial charge in [0.2, 0.25) is 0 Å². The second-order valence-electron chi connectivity index (χ2n) is 5.40. The van der Waals surface area contributed by atoms with E-state index in [1.807, 2.05) is 18.2 Å². The van der Waals surface area contributed by atoms with Crippen LogP contribution in [0.1, 0.15) is 37.9 Å². The van der Waals surface area contributed by atoms with Crippen LogP contribution in [0.4, 0.5) is 0 Å². The van der Waals surface area contributed by atoms with Gasteiger partial charge in [-0.15, -0.1) is 0 Å². The van der Waals surface area contributed by atoms with Gasteiger partial charge in [-0.05, 0) is 50.6 Å². The van der Waals surface area contributed by atoms with Gasteiger partial charge < -0.3 is 14.6 Å². The summed E-state index contributed by atoms with van der Waals surface area (Å²) < 4.78 is 10.5. The molecule has 0 radical (unpaired) electrons. The number of aliphatic hydroxyl groups is 1. The van der Waals surface area contributed by atoms with Gasteiger partial charge in [-0.2, -0.15) is 0 Å². The molecule has 4 nitrogen and oxygen atoms in total. The molecule has 4 heteroatoms. The highest BCUT2D eigenvalue weighted by atomic mass is 16.5. The second-order valence-corrected chi connectivity index (χ2v) is 5.40. The van der Waals surface area contributed by atoms with E-state index in [-0.39, 0.29) is 6.04 Å². The number of piperidine rings is 1. The van der Waals surface area contributed by atoms with Crippen LogP contribution in [0.2, 0.25) is 0 Å². The Bertz CT molecular complexity index is 430. The Morgan fingerprint density at radius 2 is 1.70 bits per heavy atom. The number of likely N-dealkylation sites (tertiary alicyclic amines) is 1. The minimum Gasteiger partial charge on any atom is -0.493 e. The summed E-state index contributed by atoms with van der Waals surface area (Å²) in [6, 6.07) is 5.74. The van der Waals surface area contributed by atoms with Crippen LogP contribution in [0.25, 0.3) is 0 Å². The van der Waals surface area contributed by atoms with Crippen LogP contribution in [0, 0.1) is 0 Å². The minimum absolute atomic E-state index is 0.119. The first-order chi connectivity index (χ1) is 9.67. The number of rotatable bonds is 5. The molecule has 0 spiro atoms. The van der Waals surface area contributed by atoms with Crippen molar-refractivity contribution in [3.05, 3.63) is 23.8 Å². The molecule has 1 aliphatic heterocycles. The number of methoxy groups -OCH3 is 2. The molecule has 112 valence electrons. The lowest BCUT2D eigenvalue weighted by atomic mass is 9.99. The zero-order valence-electron chi connectivity index (χ0n) is 12.6. The van der Waals surface area contributed by atoms with Crippen molar-refractivity contribution in [1.29, 1.82) is 0 Å². The number of ether oxygens (including phenoxy) is 2. The Hall–Kier alpha value is -1.26. The Morgan fingerprint density at radius 3 is 2.30 bits per heavy atom. The summed E-state index contributed by atoms with van der Waals surface area (Å²) in [6.07, 6.45) is 3.25. The van der Waals surface area contributed by atoms with E-state index in [1.54, 1.807) is 14.2 Å². The van der Waals surface area contributed by atoms with Gasteiger partial charge in [0, 0.05) is 6.04 Å². The zero-order chi connectivity index (χ0) is 14.5. The number of nitrogens with zero attached hydrogens (tertiary/aromatic N) is 1. The Labute approximate surface area is 121 Å². The molecule has 2 rings (SSSR count). The highest BCUT2D eigenvalue weighted by Gasteiger charge is 2.25. The molecule has 1 saturated heterocycles. The van der Waals surface area contributed by atoms with Gasteiger partial charge in [-0.3, -0.25) is 4.90 Å². The predicted molar refractivity (Wildman–Crippen MR) is 79.4 cm³/mol. The summed E-state index contributed by atoms with van der Waals surface area (Å²) in [7, 11) is 3.23. The first-order valence-corrected chi connectivity index (χ1v) is 7.31. The summed E-state index contributed by atoms with van der Waals surface area (Å²) in [4.78, 5) is 2.37. The third-order valence-corrected chi connectivity index (χ3v) is 4.17. The molecule has 0 unspecified atom stereocenters. The van der Waals surface area contributed by atoms with Crippen molar-refractivity contribution in [2.75, 3.05) is 27.3 Å². The number of benzene rings is 1. The number of aliphatic hydroxyl groups excluding tert-OH is 1. The molecule has 1 N–H and O–H groups in total. The van der Waals surface area contributed by atoms with E-state index in [0.29, 0.717) is 11.5 Å². The van der Waals surface area contributed by atoms with Crippen LogP contribution < -0.4 is 9.47 Å². The van der Waals surface area contributed by atoms with Crippen molar-refractivity contribution in [1.82, 2.24) is 4.90 Å². The molecular weight excluding hydrogens is 254 g/mol. The van der Waals surface area contributed by atoms with Crippen molar-refractivity contribution < 1.29 is 14.6 Å². The molecule has 20 heavy (non-hydrogen) atoms. The van der Waals surface area contributed by atoms with Crippen molar-refractivity contribution >= 4 is 0 Å². The molecule has 0 saturated carbocycles. The number of hydrogen-bond acceptors (Lipinski definition) is 4. The molecule has 1 heterocycles. The van der Waals surface area contributed by atoms with Gasteiger partial charge in [0.05, 0.1) is 20.3 Å². The smallest absolute Gasteiger partial charge is 0.161 e. The van der Waals surface area contributed by atoms with Crippen LogP contribution in [0.3, 0.4) is 0 Å². The van der Waals surface area contributed by atoms with Crippen LogP contribution in [0.15, 0.2) is 18.2 Å². The van der Waals surface area contributed by atoms with Gasteiger partial charge in [0.1, 0.15) is 0 Å². The van der Waals surface area contributed by atoms with Crippen molar-refractivity contribution in [2.45, 2.75) is 38.3 Å². The fourth-order valence-corrected chi connectivity index (χ4v) is 2.84. The van der Waals surface area contributed by atoms with E-state index in [1.165, 1.54) is 19.3 Å². The van der Waals surface area contributed by atoms with Gasteiger partial charge in [0.15, 0.2) is 11.5 Å². The van der Waals surface area contributed by atoms with E-state index in [9.17, 15) is 5.11 Å². The fourth-order valence-electron chi connectivity index (χ4n) is 2.84. The standard InChI is InChI=1S/C16H25NO3/c1-12(17-9-5-4-6-10-17)16(18)13-7-8-14(19-2)15(11-13)20-3/h7-8,11-12,16,18H,4-6,9-10H2,1-3H3/t12-,16+/m0/s1. The normalized spacial score (nSPS) is 19.4. The minimum atomic E-state index is -0.507. The van der Waals surface area contributed by atoms with E-state index in [0.717, 1.165) is 18.7 Å². The van der Waals surface area contributed by atoms with Crippen LogP contribution in [0.5, 0.6) is 11.5 Å². The van der Waals surface area contributed by atoms with Gasteiger partial charge >= 0.3 is 0 Å². The second kappa shape index (κ2) is 6.95. The van der Waals surface area contributed by atoms with Crippen LogP contribution in [-0.2, 0) is 0 Å². The molecule has 0 bridgehead atoms. The molecule has 0 amide bonds. The highest BCUT2D eigenvalue weighted by Crippen LogP contribution is 2.32. The topological polar surface area (TPSA) is 41.9 Å². The largest absolute Gasteiger partial charge is 0.493 e. The molecule has 0 aromatic heterocycles. The summed E-state index contributed by atoms with van der Waals surface area (Å²) in [6.45, 7) is 4.24. The van der Waals surface area contributed by atoms with Crippen molar-refractivity contribution in [2.24, 2.45) is 0 Å². The Kier molecular flexibility index (Phi) is 5.26. The summed E-state index contributed by atoms with van der Waals surface area (Å²) in [5.41, 5.74) is 0.876. The lowest BCUT2D eigenvalue weighted by molar-refractivity contribution is 0.0469. The maximum Gasteiger partial charge on any atom is 0.161 e. The molecule has 1 aromatic rings. The number of hydrogen-bond donors (Lipinski definition) is 1. The average molecular weight is 279 g/mol. The quantitative estimate of drug-likeness (QED) is 0.899. The fraction of sp³-hybridized carbons (Fsp3) is 0.625. The van der Waals surface area contributed by atoms with Crippen molar-refractivity contribution in [3.8, 4) is 11.5 Å². The van der Waals surface area contributed by atoms with Crippen molar-refractivity contribution in [3.63, 3.8) is 0 Å². The third-order valence-electron chi connectivity index (χ3n) is 4.17. The van der Waals surface area contributed by atoms with Gasteiger partial charge in [-0.25, -0.2) is 0 Å². The van der Waals surface area contributed by atoms with Gasteiger partial charge in [0.25, 0.3) is 0 Å². The molecular formula is C16H25NO3. The summed E-state index contributed by atoms with van der Waals surface area (Å²) >= 11 is 0. The van der Waals surface area contributed by atoms with Crippen LogP contribution in [-0.4, -0.2) is 43.4 Å². The first kappa shape index (κ1) is 15.1. The molecule has 2 atom stereocenters. The van der Waals surface area contributed by atoms with E-state index < -0.39 is 6.10 Å². The van der Waals surface area contributed by atoms with Crippen LogP contribution >= 0.6 is 0 Å². The molecule has 1 aliphatic rings. The lowest BCUT2D eigenvalue weighted by Gasteiger charge is -2.35. The van der Waals surface area contributed by atoms with Gasteiger partial charge in [-0.1, -0.05) is 12.5 Å². The first-order valence-electron chi connectivity index (χ1n) is 7.31. The van der Waals surface area contributed by atoms with E-state index in [2.05, 4.69) is 11.8 Å².